The number of urea groups is 1. The molecule has 3 N–H and O–H groups in total. The maximum absolute atomic E-state index is 12.4. The van der Waals surface area contributed by atoms with Crippen molar-refractivity contribution in [3.05, 3.63) is 28.2 Å². The first-order chi connectivity index (χ1) is 10.0. The van der Waals surface area contributed by atoms with Crippen LogP contribution in [0.5, 0.6) is 0 Å². The van der Waals surface area contributed by atoms with Gasteiger partial charge in [0.2, 0.25) is 0 Å². The smallest absolute Gasteiger partial charge is 0.322 e. The van der Waals surface area contributed by atoms with Crippen LogP contribution in [0.3, 0.4) is 0 Å². The van der Waals surface area contributed by atoms with Gasteiger partial charge in [0.05, 0.1) is 0 Å². The predicted molar refractivity (Wildman–Crippen MR) is 88.0 cm³/mol. The summed E-state index contributed by atoms with van der Waals surface area (Å²) >= 11 is 11.9. The number of rotatable bonds is 3. The number of benzene rings is 1. The molecule has 1 fully saturated rings. The van der Waals surface area contributed by atoms with E-state index in [0.29, 0.717) is 28.2 Å². The first-order valence-electron chi connectivity index (χ1n) is 7.27. The largest absolute Gasteiger partial charge is 0.328 e. The summed E-state index contributed by atoms with van der Waals surface area (Å²) < 4.78 is 0. The molecule has 0 bridgehead atoms. The van der Waals surface area contributed by atoms with Gasteiger partial charge in [0.25, 0.3) is 0 Å². The van der Waals surface area contributed by atoms with E-state index < -0.39 is 0 Å². The second-order valence-electron chi connectivity index (χ2n) is 5.47. The number of halogens is 2. The Bertz CT molecular complexity index is 489. The molecule has 6 heteroatoms. The second-order valence-corrected chi connectivity index (χ2v) is 6.34. The van der Waals surface area contributed by atoms with Gasteiger partial charge in [-0.1, -0.05) is 36.5 Å². The van der Waals surface area contributed by atoms with Crippen molar-refractivity contribution in [2.45, 2.75) is 32.2 Å². The fraction of sp³-hybridized carbons (Fsp3) is 0.533. The standard InChI is InChI=1S/C15H21Cl2N3O/c1-2-10-3-4-20(14(5-10)9-18)15(21)19-13-7-11(16)6-12(17)8-13/h6-8,10,14H,2-5,9,18H2,1H3,(H,19,21). The van der Waals surface area contributed by atoms with Gasteiger partial charge < -0.3 is 16.0 Å². The lowest BCUT2D eigenvalue weighted by atomic mass is 9.89. The van der Waals surface area contributed by atoms with E-state index in [1.165, 1.54) is 0 Å². The molecule has 0 saturated carbocycles. The lowest BCUT2D eigenvalue weighted by Crippen LogP contribution is -2.51. The number of piperidine rings is 1. The van der Waals surface area contributed by atoms with Crippen LogP contribution < -0.4 is 11.1 Å². The zero-order chi connectivity index (χ0) is 15.4. The van der Waals surface area contributed by atoms with Crippen LogP contribution in [-0.4, -0.2) is 30.1 Å². The van der Waals surface area contributed by atoms with Gasteiger partial charge in [0.15, 0.2) is 0 Å². The summed E-state index contributed by atoms with van der Waals surface area (Å²) in [5.41, 5.74) is 6.43. The van der Waals surface area contributed by atoms with E-state index in [-0.39, 0.29) is 12.1 Å². The maximum Gasteiger partial charge on any atom is 0.322 e. The van der Waals surface area contributed by atoms with Crippen LogP contribution in [0.1, 0.15) is 26.2 Å². The van der Waals surface area contributed by atoms with Crippen molar-refractivity contribution < 1.29 is 4.79 Å². The SMILES string of the molecule is CCC1CCN(C(=O)Nc2cc(Cl)cc(Cl)c2)C(CN)C1. The third kappa shape index (κ3) is 4.25. The molecule has 0 aliphatic carbocycles. The molecule has 21 heavy (non-hydrogen) atoms. The number of hydrogen-bond donors (Lipinski definition) is 2. The minimum atomic E-state index is -0.140. The van der Waals surface area contributed by atoms with E-state index in [4.69, 9.17) is 28.9 Å². The normalized spacial score (nSPS) is 22.2. The molecule has 4 nitrogen and oxygen atoms in total. The number of amides is 2. The Balaban J connectivity index is 2.05. The molecule has 0 radical (unpaired) electrons. The van der Waals surface area contributed by atoms with Gasteiger partial charge in [-0.3, -0.25) is 0 Å². The minimum absolute atomic E-state index is 0.0957. The first-order valence-corrected chi connectivity index (χ1v) is 8.02. The summed E-state index contributed by atoms with van der Waals surface area (Å²) in [6, 6.07) is 4.95. The predicted octanol–water partition coefficient (Wildman–Crippen LogP) is 3.97. The Hall–Kier alpha value is -0.970. The molecule has 1 aliphatic heterocycles. The number of likely N-dealkylation sites (tertiary alicyclic amines) is 1. The van der Waals surface area contributed by atoms with E-state index in [2.05, 4.69) is 12.2 Å². The minimum Gasteiger partial charge on any atom is -0.328 e. The van der Waals surface area contributed by atoms with Crippen LogP contribution in [-0.2, 0) is 0 Å². The van der Waals surface area contributed by atoms with Gasteiger partial charge in [-0.25, -0.2) is 4.79 Å². The molecule has 2 rings (SSSR count). The number of nitrogens with two attached hydrogens (primary N) is 1. The lowest BCUT2D eigenvalue weighted by molar-refractivity contribution is 0.138. The fourth-order valence-electron chi connectivity index (χ4n) is 2.82. The zero-order valence-corrected chi connectivity index (χ0v) is 13.6. The first kappa shape index (κ1) is 16.4. The van der Waals surface area contributed by atoms with Crippen LogP contribution in [0.4, 0.5) is 10.5 Å². The summed E-state index contributed by atoms with van der Waals surface area (Å²) in [5, 5.41) is 3.85. The van der Waals surface area contributed by atoms with Crippen LogP contribution in [0.2, 0.25) is 10.0 Å². The number of carbonyl (C=O) groups excluding carboxylic acids is 1. The Kier molecular flexibility index (Phi) is 5.73. The number of carbonyl (C=O) groups is 1. The zero-order valence-electron chi connectivity index (χ0n) is 12.1. The number of nitrogens with zero attached hydrogens (tertiary/aromatic N) is 1. The maximum atomic E-state index is 12.4. The van der Waals surface area contributed by atoms with Crippen molar-refractivity contribution in [2.24, 2.45) is 11.7 Å². The topological polar surface area (TPSA) is 58.4 Å². The number of hydrogen-bond acceptors (Lipinski definition) is 2. The monoisotopic (exact) mass is 329 g/mol. The number of nitrogens with one attached hydrogen (secondary N) is 1. The summed E-state index contributed by atoms with van der Waals surface area (Å²) in [4.78, 5) is 14.2. The average Bonchev–Trinajstić information content (AvgIpc) is 2.45. The van der Waals surface area contributed by atoms with Crippen molar-refractivity contribution in [3.63, 3.8) is 0 Å². The van der Waals surface area contributed by atoms with Gasteiger partial charge in [-0.15, -0.1) is 0 Å². The van der Waals surface area contributed by atoms with Gasteiger partial charge >= 0.3 is 6.03 Å². The van der Waals surface area contributed by atoms with E-state index in [1.807, 2.05) is 4.90 Å². The summed E-state index contributed by atoms with van der Waals surface area (Å²) in [7, 11) is 0. The molecular formula is C15H21Cl2N3O. The van der Waals surface area contributed by atoms with E-state index in [9.17, 15) is 4.79 Å². The van der Waals surface area contributed by atoms with Crippen LogP contribution in [0.15, 0.2) is 18.2 Å². The quantitative estimate of drug-likeness (QED) is 0.881. The Morgan fingerprint density at radius 1 is 1.38 bits per heavy atom. The van der Waals surface area contributed by atoms with Crippen molar-refractivity contribution in [2.75, 3.05) is 18.4 Å². The van der Waals surface area contributed by atoms with Crippen molar-refractivity contribution >= 4 is 34.9 Å². The Morgan fingerprint density at radius 3 is 2.62 bits per heavy atom. The number of anilines is 1. The van der Waals surface area contributed by atoms with Crippen molar-refractivity contribution in [3.8, 4) is 0 Å². The third-order valence-corrected chi connectivity index (χ3v) is 4.48. The molecule has 116 valence electrons. The Labute approximate surface area is 135 Å². The van der Waals surface area contributed by atoms with Crippen LogP contribution >= 0.6 is 23.2 Å². The highest BCUT2D eigenvalue weighted by Crippen LogP contribution is 2.27. The molecule has 2 unspecified atom stereocenters. The molecule has 0 aromatic heterocycles. The van der Waals surface area contributed by atoms with E-state index in [1.54, 1.807) is 18.2 Å². The van der Waals surface area contributed by atoms with Crippen LogP contribution in [0.25, 0.3) is 0 Å². The third-order valence-electron chi connectivity index (χ3n) is 4.05. The van der Waals surface area contributed by atoms with E-state index >= 15 is 0 Å². The lowest BCUT2D eigenvalue weighted by Gasteiger charge is -2.38. The fourth-order valence-corrected chi connectivity index (χ4v) is 3.34. The van der Waals surface area contributed by atoms with Gasteiger partial charge in [0.1, 0.15) is 0 Å². The highest BCUT2D eigenvalue weighted by Gasteiger charge is 2.30. The summed E-state index contributed by atoms with van der Waals surface area (Å²) in [5.74, 6) is 0.656. The second kappa shape index (κ2) is 7.34. The summed E-state index contributed by atoms with van der Waals surface area (Å²) in [6.45, 7) is 3.41. The Morgan fingerprint density at radius 2 is 2.05 bits per heavy atom. The molecule has 1 heterocycles. The molecule has 1 aliphatic rings. The van der Waals surface area contributed by atoms with Crippen LogP contribution in [0, 0.1) is 5.92 Å². The molecule has 1 saturated heterocycles. The van der Waals surface area contributed by atoms with Crippen molar-refractivity contribution in [1.82, 2.24) is 4.90 Å². The molecule has 1 aromatic rings. The molecule has 2 atom stereocenters. The van der Waals surface area contributed by atoms with Gasteiger partial charge in [0, 0.05) is 34.9 Å². The molecule has 2 amide bonds. The average molecular weight is 330 g/mol. The highest BCUT2D eigenvalue weighted by atomic mass is 35.5. The molecule has 1 aromatic carbocycles. The van der Waals surface area contributed by atoms with E-state index in [0.717, 1.165) is 25.8 Å². The molecule has 0 spiro atoms. The van der Waals surface area contributed by atoms with Crippen molar-refractivity contribution in [1.29, 1.82) is 0 Å². The summed E-state index contributed by atoms with van der Waals surface area (Å²) in [6.07, 6.45) is 3.13. The van der Waals surface area contributed by atoms with Gasteiger partial charge in [-0.05, 0) is 37.0 Å². The highest BCUT2D eigenvalue weighted by molar-refractivity contribution is 6.35. The molecular weight excluding hydrogens is 309 g/mol. The van der Waals surface area contributed by atoms with Gasteiger partial charge in [-0.2, -0.15) is 0 Å².